The minimum absolute atomic E-state index is 0.363. The van der Waals surface area contributed by atoms with E-state index < -0.39 is 0 Å². The van der Waals surface area contributed by atoms with Crippen LogP contribution in [-0.4, -0.2) is 18.1 Å². The second kappa shape index (κ2) is 6.74. The Labute approximate surface area is 110 Å². The van der Waals surface area contributed by atoms with Crippen molar-refractivity contribution in [1.29, 1.82) is 0 Å². The molecule has 1 heterocycles. The fourth-order valence-electron chi connectivity index (χ4n) is 1.96. The molecule has 0 saturated heterocycles. The van der Waals surface area contributed by atoms with Crippen molar-refractivity contribution in [1.82, 2.24) is 10.3 Å². The van der Waals surface area contributed by atoms with Crippen LogP contribution in [0.5, 0.6) is 5.75 Å². The average molecular weight is 248 g/mol. The Kier molecular flexibility index (Phi) is 5.00. The van der Waals surface area contributed by atoms with Gasteiger partial charge in [0.15, 0.2) is 0 Å². The normalized spacial score (nSPS) is 16.6. The van der Waals surface area contributed by atoms with E-state index in [0.29, 0.717) is 6.04 Å². The summed E-state index contributed by atoms with van der Waals surface area (Å²) in [7, 11) is 0. The number of aromatic nitrogens is 1. The molecule has 0 aliphatic heterocycles. The lowest BCUT2D eigenvalue weighted by molar-refractivity contribution is 0.298. The fourth-order valence-corrected chi connectivity index (χ4v) is 1.96. The van der Waals surface area contributed by atoms with E-state index >= 15 is 0 Å². The third-order valence-electron chi connectivity index (χ3n) is 3.35. The number of ether oxygens (including phenoxy) is 1. The Morgan fingerprint density at radius 1 is 1.39 bits per heavy atom. The summed E-state index contributed by atoms with van der Waals surface area (Å²) in [6, 6.07) is 4.49. The minimum atomic E-state index is 0.363. The summed E-state index contributed by atoms with van der Waals surface area (Å²) in [4.78, 5) is 4.51. The summed E-state index contributed by atoms with van der Waals surface area (Å²) in [6.45, 7) is 6.26. The van der Waals surface area contributed by atoms with Gasteiger partial charge in [0, 0.05) is 6.04 Å². The number of nitrogens with one attached hydrogen (secondary N) is 1. The van der Waals surface area contributed by atoms with Crippen LogP contribution >= 0.6 is 0 Å². The Morgan fingerprint density at radius 2 is 2.22 bits per heavy atom. The Balaban J connectivity index is 1.87. The van der Waals surface area contributed by atoms with Gasteiger partial charge in [-0.25, -0.2) is 0 Å². The van der Waals surface area contributed by atoms with Crippen molar-refractivity contribution in [2.24, 2.45) is 5.92 Å². The third kappa shape index (κ3) is 3.98. The van der Waals surface area contributed by atoms with Gasteiger partial charge in [0.2, 0.25) is 0 Å². The van der Waals surface area contributed by atoms with Gasteiger partial charge in [-0.1, -0.05) is 13.8 Å². The van der Waals surface area contributed by atoms with Crippen LogP contribution < -0.4 is 10.1 Å². The molecule has 1 aliphatic rings. The second-order valence-electron chi connectivity index (χ2n) is 5.09. The second-order valence-corrected chi connectivity index (χ2v) is 5.09. The zero-order valence-corrected chi connectivity index (χ0v) is 11.5. The molecular formula is C15H24N2O. The van der Waals surface area contributed by atoms with E-state index in [2.05, 4.69) is 30.2 Å². The SMILES string of the molecule is CCCNC(CC)c1ccc(OCC2CC2)cn1. The Bertz CT molecular complexity index is 346. The molecule has 1 saturated carbocycles. The van der Waals surface area contributed by atoms with Crippen LogP contribution in [0.1, 0.15) is 51.3 Å². The minimum Gasteiger partial charge on any atom is -0.492 e. The van der Waals surface area contributed by atoms with Crippen molar-refractivity contribution in [3.05, 3.63) is 24.0 Å². The van der Waals surface area contributed by atoms with E-state index in [-0.39, 0.29) is 0 Å². The van der Waals surface area contributed by atoms with Crippen LogP contribution in [0.3, 0.4) is 0 Å². The molecule has 0 spiro atoms. The fraction of sp³-hybridized carbons (Fsp3) is 0.667. The molecule has 1 atom stereocenters. The first-order valence-corrected chi connectivity index (χ1v) is 7.15. The largest absolute Gasteiger partial charge is 0.492 e. The molecule has 0 amide bonds. The predicted octanol–water partition coefficient (Wildman–Crippen LogP) is 3.32. The summed E-state index contributed by atoms with van der Waals surface area (Å²) in [5, 5.41) is 3.51. The molecule has 3 nitrogen and oxygen atoms in total. The van der Waals surface area contributed by atoms with Crippen LogP contribution in [0.25, 0.3) is 0 Å². The van der Waals surface area contributed by atoms with Crippen molar-refractivity contribution in [3.8, 4) is 5.75 Å². The van der Waals surface area contributed by atoms with Crippen molar-refractivity contribution in [3.63, 3.8) is 0 Å². The smallest absolute Gasteiger partial charge is 0.137 e. The molecule has 1 aliphatic carbocycles. The van der Waals surface area contributed by atoms with Crippen molar-refractivity contribution < 1.29 is 4.74 Å². The van der Waals surface area contributed by atoms with Gasteiger partial charge in [0.25, 0.3) is 0 Å². The molecule has 18 heavy (non-hydrogen) atoms. The van der Waals surface area contributed by atoms with E-state index in [1.165, 1.54) is 12.8 Å². The zero-order chi connectivity index (χ0) is 12.8. The number of rotatable bonds is 8. The average Bonchev–Trinajstić information content (AvgIpc) is 3.23. The summed E-state index contributed by atoms with van der Waals surface area (Å²) in [5.74, 6) is 1.69. The molecular weight excluding hydrogens is 224 g/mol. The lowest BCUT2D eigenvalue weighted by atomic mass is 10.1. The van der Waals surface area contributed by atoms with Crippen molar-refractivity contribution in [2.45, 2.75) is 45.6 Å². The van der Waals surface area contributed by atoms with Gasteiger partial charge in [-0.15, -0.1) is 0 Å². The third-order valence-corrected chi connectivity index (χ3v) is 3.35. The molecule has 1 unspecified atom stereocenters. The molecule has 1 aromatic heterocycles. The number of hydrogen-bond donors (Lipinski definition) is 1. The molecule has 0 aromatic carbocycles. The van der Waals surface area contributed by atoms with Crippen LogP contribution in [-0.2, 0) is 0 Å². The first kappa shape index (κ1) is 13.3. The highest BCUT2D eigenvalue weighted by atomic mass is 16.5. The lowest BCUT2D eigenvalue weighted by Gasteiger charge is -2.16. The van der Waals surface area contributed by atoms with Gasteiger partial charge < -0.3 is 10.1 Å². The standard InChI is InChI=1S/C15H24N2O/c1-3-9-16-14(4-2)15-8-7-13(10-17-15)18-11-12-5-6-12/h7-8,10,12,14,16H,3-6,9,11H2,1-2H3. The van der Waals surface area contributed by atoms with E-state index in [4.69, 9.17) is 4.74 Å². The maximum absolute atomic E-state index is 5.70. The predicted molar refractivity (Wildman–Crippen MR) is 73.8 cm³/mol. The maximum Gasteiger partial charge on any atom is 0.137 e. The van der Waals surface area contributed by atoms with E-state index in [1.54, 1.807) is 0 Å². The van der Waals surface area contributed by atoms with Crippen LogP contribution in [0.15, 0.2) is 18.3 Å². The molecule has 0 radical (unpaired) electrons. The van der Waals surface area contributed by atoms with Gasteiger partial charge >= 0.3 is 0 Å². The van der Waals surface area contributed by atoms with E-state index in [0.717, 1.165) is 43.4 Å². The monoisotopic (exact) mass is 248 g/mol. The van der Waals surface area contributed by atoms with Gasteiger partial charge in [-0.2, -0.15) is 0 Å². The van der Waals surface area contributed by atoms with Gasteiger partial charge in [0.1, 0.15) is 5.75 Å². The summed E-state index contributed by atoms with van der Waals surface area (Å²) in [5.41, 5.74) is 1.12. The highest BCUT2D eigenvalue weighted by Gasteiger charge is 2.21. The van der Waals surface area contributed by atoms with Gasteiger partial charge in [0.05, 0.1) is 18.5 Å². The quantitative estimate of drug-likeness (QED) is 0.766. The zero-order valence-electron chi connectivity index (χ0n) is 11.5. The number of nitrogens with zero attached hydrogens (tertiary/aromatic N) is 1. The highest BCUT2D eigenvalue weighted by Crippen LogP contribution is 2.29. The van der Waals surface area contributed by atoms with Gasteiger partial charge in [-0.05, 0) is 50.3 Å². The molecule has 2 rings (SSSR count). The van der Waals surface area contributed by atoms with Crippen LogP contribution in [0.2, 0.25) is 0 Å². The molecule has 1 aromatic rings. The number of hydrogen-bond acceptors (Lipinski definition) is 3. The topological polar surface area (TPSA) is 34.1 Å². The van der Waals surface area contributed by atoms with E-state index in [9.17, 15) is 0 Å². The van der Waals surface area contributed by atoms with E-state index in [1.807, 2.05) is 12.3 Å². The summed E-state index contributed by atoms with van der Waals surface area (Å²) >= 11 is 0. The highest BCUT2D eigenvalue weighted by molar-refractivity contribution is 5.21. The van der Waals surface area contributed by atoms with Crippen molar-refractivity contribution >= 4 is 0 Å². The molecule has 0 bridgehead atoms. The maximum atomic E-state index is 5.70. The summed E-state index contributed by atoms with van der Waals surface area (Å²) in [6.07, 6.45) is 6.72. The Morgan fingerprint density at radius 3 is 2.78 bits per heavy atom. The Hall–Kier alpha value is -1.09. The lowest BCUT2D eigenvalue weighted by Crippen LogP contribution is -2.22. The molecule has 1 N–H and O–H groups in total. The summed E-state index contributed by atoms with van der Waals surface area (Å²) < 4.78 is 5.70. The van der Waals surface area contributed by atoms with Crippen molar-refractivity contribution in [2.75, 3.05) is 13.2 Å². The first-order chi connectivity index (χ1) is 8.83. The van der Waals surface area contributed by atoms with Crippen LogP contribution in [0, 0.1) is 5.92 Å². The van der Waals surface area contributed by atoms with Crippen LogP contribution in [0.4, 0.5) is 0 Å². The number of pyridine rings is 1. The molecule has 100 valence electrons. The van der Waals surface area contributed by atoms with Gasteiger partial charge in [-0.3, -0.25) is 4.98 Å². The molecule has 3 heteroatoms. The molecule has 1 fully saturated rings. The first-order valence-electron chi connectivity index (χ1n) is 7.15.